The number of carbonyl (C=O) groups excluding carboxylic acids is 1. The van der Waals surface area contributed by atoms with Gasteiger partial charge in [-0.1, -0.05) is 29.5 Å². The number of hydrogen-bond acceptors (Lipinski definition) is 12. The third-order valence-corrected chi connectivity index (χ3v) is 7.54. The topological polar surface area (TPSA) is 187 Å². The largest absolute Gasteiger partial charge is 1.00 e. The first-order valence-electron chi connectivity index (χ1n) is 13.6. The molecular formula is C33H27N8NaO3S. The monoisotopic (exact) mass is 638 g/mol. The molecule has 0 radical (unpaired) electrons. The predicted octanol–water partition coefficient (Wildman–Crippen LogP) is 5.94. The quantitative estimate of drug-likeness (QED) is 0.102. The number of carboxylic acids is 1. The van der Waals surface area contributed by atoms with Gasteiger partial charge < -0.3 is 26.5 Å². The average Bonchev–Trinajstić information content (AvgIpc) is 3.04. The second-order valence-electron chi connectivity index (χ2n) is 9.90. The third kappa shape index (κ3) is 8.64. The summed E-state index contributed by atoms with van der Waals surface area (Å²) in [4.78, 5) is 13.1. The van der Waals surface area contributed by atoms with Crippen molar-refractivity contribution in [3.05, 3.63) is 114 Å². The van der Waals surface area contributed by atoms with E-state index in [1.54, 1.807) is 30.0 Å². The zero-order valence-electron chi connectivity index (χ0n) is 25.2. The molecule has 13 heteroatoms. The van der Waals surface area contributed by atoms with Crippen LogP contribution in [0.2, 0.25) is 0 Å². The minimum atomic E-state index is -1.49. The van der Waals surface area contributed by atoms with Gasteiger partial charge in [0.05, 0.1) is 40.1 Å². The van der Waals surface area contributed by atoms with Crippen molar-refractivity contribution in [3.8, 4) is 5.75 Å². The van der Waals surface area contributed by atoms with E-state index in [0.717, 1.165) is 20.9 Å². The number of nitrogen functional groups attached to an aromatic ring is 2. The Morgan fingerprint density at radius 2 is 1.13 bits per heavy atom. The first-order valence-corrected chi connectivity index (χ1v) is 14.4. The summed E-state index contributed by atoms with van der Waals surface area (Å²) < 4.78 is 0. The number of aryl methyl sites for hydroxylation is 2. The molecule has 224 valence electrons. The SMILES string of the molecule is Cc1ccc(N=Nc2c(N)c(C)cc(N=Nc3ccc(Sc4ccc(N=Nc5ccc(O)c(C(=O)[O-])c5)cc4)cc3)c2N)cc1.[Na+]. The van der Waals surface area contributed by atoms with Gasteiger partial charge in [0.1, 0.15) is 17.1 Å². The van der Waals surface area contributed by atoms with Crippen molar-refractivity contribution in [2.24, 2.45) is 30.7 Å². The van der Waals surface area contributed by atoms with E-state index < -0.39 is 5.97 Å². The molecule has 0 amide bonds. The number of aromatic carboxylic acids is 1. The summed E-state index contributed by atoms with van der Waals surface area (Å²) >= 11 is 1.55. The summed E-state index contributed by atoms with van der Waals surface area (Å²) in [7, 11) is 0. The average molecular weight is 639 g/mol. The standard InChI is InChI=1S/C33H28N8O3S.Na/c1-19-3-5-21(6-4-19)38-41-32-30(34)20(2)17-28(31(32)35)40-37-23-9-14-26(15-10-23)45-25-12-7-22(8-13-25)36-39-24-11-16-29(42)27(18-24)33(43)44;/h3-18,42H,34-35H2,1-2H3,(H,43,44);/q;+1/p-1. The molecule has 5 N–H and O–H groups in total. The third-order valence-electron chi connectivity index (χ3n) is 6.53. The molecule has 5 aromatic rings. The molecule has 0 aromatic heterocycles. The van der Waals surface area contributed by atoms with Crippen molar-refractivity contribution in [2.45, 2.75) is 23.6 Å². The van der Waals surface area contributed by atoms with Crippen LogP contribution in [0.25, 0.3) is 0 Å². The van der Waals surface area contributed by atoms with Crippen molar-refractivity contribution in [3.63, 3.8) is 0 Å². The molecular weight excluding hydrogens is 611 g/mol. The van der Waals surface area contributed by atoms with Crippen molar-refractivity contribution < 1.29 is 44.6 Å². The number of nitrogens with zero attached hydrogens (tertiary/aromatic N) is 6. The van der Waals surface area contributed by atoms with Crippen LogP contribution >= 0.6 is 11.8 Å². The smallest absolute Gasteiger partial charge is 0.545 e. The number of benzene rings is 5. The number of azo groups is 3. The van der Waals surface area contributed by atoms with Gasteiger partial charge in [-0.2, -0.15) is 20.5 Å². The van der Waals surface area contributed by atoms with Crippen LogP contribution < -0.4 is 46.1 Å². The van der Waals surface area contributed by atoms with Gasteiger partial charge in [-0.05, 0) is 104 Å². The Morgan fingerprint density at radius 3 is 1.70 bits per heavy atom. The van der Waals surface area contributed by atoms with E-state index in [9.17, 15) is 15.0 Å². The molecule has 5 rings (SSSR count). The Balaban J connectivity index is 0.00000480. The molecule has 5 aromatic carbocycles. The Hall–Kier alpha value is -4.88. The van der Waals surface area contributed by atoms with E-state index >= 15 is 0 Å². The van der Waals surface area contributed by atoms with Crippen molar-refractivity contribution in [1.82, 2.24) is 0 Å². The molecule has 0 fully saturated rings. The minimum Gasteiger partial charge on any atom is -0.545 e. The van der Waals surface area contributed by atoms with E-state index in [0.29, 0.717) is 39.8 Å². The van der Waals surface area contributed by atoms with Gasteiger partial charge in [0.15, 0.2) is 0 Å². The number of anilines is 2. The number of carboxylic acid groups (broad SMARTS) is 1. The van der Waals surface area contributed by atoms with Crippen LogP contribution in [0.1, 0.15) is 21.5 Å². The molecule has 0 spiro atoms. The molecule has 0 atom stereocenters. The second kappa shape index (κ2) is 15.4. The van der Waals surface area contributed by atoms with Gasteiger partial charge in [-0.15, -0.1) is 10.2 Å². The second-order valence-corrected chi connectivity index (χ2v) is 11.0. The van der Waals surface area contributed by atoms with Gasteiger partial charge in [-0.25, -0.2) is 0 Å². The summed E-state index contributed by atoms with van der Waals surface area (Å²) in [6.07, 6.45) is 0. The van der Waals surface area contributed by atoms with Crippen LogP contribution in [0.15, 0.2) is 138 Å². The Bertz CT molecular complexity index is 1950. The van der Waals surface area contributed by atoms with Gasteiger partial charge >= 0.3 is 29.6 Å². The van der Waals surface area contributed by atoms with Crippen LogP contribution in [-0.4, -0.2) is 11.1 Å². The molecule has 11 nitrogen and oxygen atoms in total. The maximum Gasteiger partial charge on any atom is 1.00 e. The first kappa shape index (κ1) is 34.0. The van der Waals surface area contributed by atoms with E-state index in [1.165, 1.54) is 18.2 Å². The maximum absolute atomic E-state index is 11.1. The van der Waals surface area contributed by atoms with Gasteiger partial charge in [0, 0.05) is 15.4 Å². The fourth-order valence-corrected chi connectivity index (χ4v) is 4.81. The van der Waals surface area contributed by atoms with Crippen molar-refractivity contribution >= 4 is 63.2 Å². The van der Waals surface area contributed by atoms with Crippen LogP contribution in [0.5, 0.6) is 5.75 Å². The number of aromatic hydroxyl groups is 1. The van der Waals surface area contributed by atoms with Crippen molar-refractivity contribution in [2.75, 3.05) is 11.5 Å². The summed E-state index contributed by atoms with van der Waals surface area (Å²) in [5, 5.41) is 46.1. The molecule has 0 saturated carbocycles. The number of carbonyl (C=O) groups is 1. The molecule has 0 unspecified atom stereocenters. The normalized spacial score (nSPS) is 11.3. The maximum atomic E-state index is 11.1. The summed E-state index contributed by atoms with van der Waals surface area (Å²) in [6, 6.07) is 28.3. The molecule has 0 aliphatic rings. The molecule has 0 bridgehead atoms. The van der Waals surface area contributed by atoms with Gasteiger partial charge in [0.25, 0.3) is 0 Å². The predicted molar refractivity (Wildman–Crippen MR) is 173 cm³/mol. The number of phenols is 1. The zero-order chi connectivity index (χ0) is 31.9. The van der Waals surface area contributed by atoms with Crippen LogP contribution in [-0.2, 0) is 0 Å². The molecule has 46 heavy (non-hydrogen) atoms. The summed E-state index contributed by atoms with van der Waals surface area (Å²) in [5.74, 6) is -1.88. The Morgan fingerprint density at radius 1 is 0.652 bits per heavy atom. The Kier molecular flexibility index (Phi) is 11.4. The fraction of sp³-hybridized carbons (Fsp3) is 0.0606. The van der Waals surface area contributed by atoms with E-state index in [-0.39, 0.29) is 46.6 Å². The van der Waals surface area contributed by atoms with E-state index in [1.807, 2.05) is 74.5 Å². The summed E-state index contributed by atoms with van der Waals surface area (Å²) in [6.45, 7) is 3.85. The number of rotatable bonds is 9. The fourth-order valence-electron chi connectivity index (χ4n) is 4.00. The number of nitrogens with two attached hydrogens (primary N) is 2. The van der Waals surface area contributed by atoms with Crippen LogP contribution in [0.3, 0.4) is 0 Å². The zero-order valence-corrected chi connectivity index (χ0v) is 28.1. The summed E-state index contributed by atoms with van der Waals surface area (Å²) in [5.41, 5.74) is 17.9. The van der Waals surface area contributed by atoms with Crippen LogP contribution in [0, 0.1) is 13.8 Å². The first-order chi connectivity index (χ1) is 21.7. The molecule has 0 aliphatic carbocycles. The minimum absolute atomic E-state index is 0. The van der Waals surface area contributed by atoms with Gasteiger partial charge in [-0.3, -0.25) is 0 Å². The van der Waals surface area contributed by atoms with E-state index in [2.05, 4.69) is 30.7 Å². The van der Waals surface area contributed by atoms with Gasteiger partial charge in [0.2, 0.25) is 0 Å². The molecule has 0 heterocycles. The van der Waals surface area contributed by atoms with E-state index in [4.69, 9.17) is 11.5 Å². The van der Waals surface area contributed by atoms with Crippen LogP contribution in [0.4, 0.5) is 45.5 Å². The number of hydrogen-bond donors (Lipinski definition) is 3. The van der Waals surface area contributed by atoms with Crippen molar-refractivity contribution in [1.29, 1.82) is 0 Å². The molecule has 0 saturated heterocycles. The Labute approximate surface area is 291 Å². The molecule has 0 aliphatic heterocycles.